The second-order valence-corrected chi connectivity index (χ2v) is 7.32. The van der Waals surface area contributed by atoms with Crippen molar-refractivity contribution < 1.29 is 4.79 Å². The van der Waals surface area contributed by atoms with E-state index < -0.39 is 0 Å². The van der Waals surface area contributed by atoms with E-state index in [1.54, 1.807) is 23.5 Å². The lowest BCUT2D eigenvalue weighted by atomic mass is 9.90. The molecular weight excluding hydrogens is 349 g/mol. The Morgan fingerprint density at radius 3 is 2.33 bits per heavy atom. The standard InChI is InChI=1S/C23H14BNOS/c24-19-12-6-4-11-17(19)23(26)25-20-13-7-5-10-16(20)18-14-27-22(21(18)25)15-8-2-1-3-9-15/h1-14H. The minimum absolute atomic E-state index is 0.102. The van der Waals surface area contributed by atoms with Crippen LogP contribution < -0.4 is 5.46 Å². The number of carbonyl (C=O) groups is 1. The fraction of sp³-hybridized carbons (Fsp3) is 0. The van der Waals surface area contributed by atoms with E-state index in [9.17, 15) is 4.79 Å². The molecule has 2 aromatic heterocycles. The number of rotatable bonds is 2. The summed E-state index contributed by atoms with van der Waals surface area (Å²) in [5.41, 5.74) is 3.96. The zero-order valence-corrected chi connectivity index (χ0v) is 15.2. The molecule has 3 aromatic carbocycles. The minimum Gasteiger partial charge on any atom is -0.274 e. The highest BCUT2D eigenvalue weighted by molar-refractivity contribution is 7.15. The van der Waals surface area contributed by atoms with Crippen LogP contribution in [0.3, 0.4) is 0 Å². The van der Waals surface area contributed by atoms with Crippen LogP contribution in [-0.4, -0.2) is 18.3 Å². The number of hydrogen-bond donors (Lipinski definition) is 0. The highest BCUT2D eigenvalue weighted by atomic mass is 32.1. The number of para-hydroxylation sites is 1. The molecule has 2 radical (unpaired) electrons. The van der Waals surface area contributed by atoms with Gasteiger partial charge in [0.05, 0.1) is 15.9 Å². The SMILES string of the molecule is [B]c1ccccc1C(=O)n1c2ccccc2c2csc(-c3ccccc3)c21. The predicted octanol–water partition coefficient (Wildman–Crippen LogP) is 5.01. The molecule has 0 spiro atoms. The van der Waals surface area contributed by atoms with Crippen molar-refractivity contribution in [2.75, 3.05) is 0 Å². The molecule has 126 valence electrons. The number of thiophene rings is 1. The van der Waals surface area contributed by atoms with Gasteiger partial charge in [-0.2, -0.15) is 0 Å². The summed E-state index contributed by atoms with van der Waals surface area (Å²) in [5.74, 6) is -0.102. The molecule has 2 nitrogen and oxygen atoms in total. The normalized spacial score (nSPS) is 11.3. The average Bonchev–Trinajstić information content (AvgIpc) is 3.27. The van der Waals surface area contributed by atoms with Crippen LogP contribution in [0.15, 0.2) is 84.2 Å². The fourth-order valence-corrected chi connectivity index (χ4v) is 4.66. The topological polar surface area (TPSA) is 22.0 Å². The van der Waals surface area contributed by atoms with Crippen LogP contribution in [0.5, 0.6) is 0 Å². The fourth-order valence-electron chi connectivity index (χ4n) is 3.60. The van der Waals surface area contributed by atoms with Gasteiger partial charge in [-0.05, 0) is 11.6 Å². The van der Waals surface area contributed by atoms with E-state index >= 15 is 0 Å². The Kier molecular flexibility index (Phi) is 3.73. The van der Waals surface area contributed by atoms with Crippen molar-refractivity contribution in [1.82, 2.24) is 4.57 Å². The van der Waals surface area contributed by atoms with Crippen molar-refractivity contribution in [3.05, 3.63) is 89.8 Å². The summed E-state index contributed by atoms with van der Waals surface area (Å²) in [7, 11) is 6.11. The Morgan fingerprint density at radius 1 is 0.815 bits per heavy atom. The van der Waals surface area contributed by atoms with Gasteiger partial charge in [-0.25, -0.2) is 0 Å². The lowest BCUT2D eigenvalue weighted by molar-refractivity contribution is 0.0970. The van der Waals surface area contributed by atoms with E-state index in [4.69, 9.17) is 7.85 Å². The van der Waals surface area contributed by atoms with Crippen molar-refractivity contribution in [2.45, 2.75) is 0 Å². The van der Waals surface area contributed by atoms with Gasteiger partial charge in [-0.3, -0.25) is 9.36 Å². The molecule has 0 amide bonds. The first-order valence-electron chi connectivity index (χ1n) is 8.71. The van der Waals surface area contributed by atoms with Gasteiger partial charge in [0.15, 0.2) is 0 Å². The Bertz CT molecular complexity index is 1300. The molecule has 27 heavy (non-hydrogen) atoms. The largest absolute Gasteiger partial charge is 0.274 e. The second kappa shape index (κ2) is 6.25. The van der Waals surface area contributed by atoms with Crippen LogP contribution in [0.2, 0.25) is 0 Å². The van der Waals surface area contributed by atoms with Crippen molar-refractivity contribution >= 4 is 52.4 Å². The number of aromatic nitrogens is 1. The Morgan fingerprint density at radius 2 is 1.52 bits per heavy atom. The second-order valence-electron chi connectivity index (χ2n) is 6.44. The molecule has 0 saturated heterocycles. The molecule has 0 fully saturated rings. The molecule has 4 heteroatoms. The van der Waals surface area contributed by atoms with Crippen LogP contribution in [0.25, 0.3) is 32.2 Å². The van der Waals surface area contributed by atoms with Crippen LogP contribution in [0.4, 0.5) is 0 Å². The third kappa shape index (κ3) is 2.45. The van der Waals surface area contributed by atoms with Gasteiger partial charge in [0.2, 0.25) is 0 Å². The van der Waals surface area contributed by atoms with Crippen molar-refractivity contribution in [1.29, 1.82) is 0 Å². The highest BCUT2D eigenvalue weighted by Crippen LogP contribution is 2.40. The van der Waals surface area contributed by atoms with E-state index in [-0.39, 0.29) is 5.91 Å². The number of hydrogen-bond acceptors (Lipinski definition) is 2. The van der Waals surface area contributed by atoms with Crippen LogP contribution in [0, 0.1) is 0 Å². The predicted molar refractivity (Wildman–Crippen MR) is 114 cm³/mol. The lowest BCUT2D eigenvalue weighted by Gasteiger charge is -2.10. The molecule has 0 aliphatic heterocycles. The lowest BCUT2D eigenvalue weighted by Crippen LogP contribution is -2.21. The smallest absolute Gasteiger partial charge is 0.262 e. The number of carbonyl (C=O) groups excluding carboxylic acids is 1. The van der Waals surface area contributed by atoms with Crippen molar-refractivity contribution in [3.8, 4) is 10.4 Å². The summed E-state index contributed by atoms with van der Waals surface area (Å²) in [4.78, 5) is 14.6. The van der Waals surface area contributed by atoms with Gasteiger partial charge in [0.25, 0.3) is 5.91 Å². The summed E-state index contributed by atoms with van der Waals surface area (Å²) in [6.07, 6.45) is 0. The summed E-state index contributed by atoms with van der Waals surface area (Å²) in [5, 5.41) is 4.31. The molecule has 5 rings (SSSR count). The monoisotopic (exact) mass is 363 g/mol. The van der Waals surface area contributed by atoms with Gasteiger partial charge >= 0.3 is 0 Å². The van der Waals surface area contributed by atoms with Crippen LogP contribution in [-0.2, 0) is 0 Å². The molecule has 0 aliphatic carbocycles. The number of nitrogens with zero attached hydrogens (tertiary/aromatic N) is 1. The van der Waals surface area contributed by atoms with Gasteiger partial charge in [0, 0.05) is 21.7 Å². The molecule has 0 atom stereocenters. The van der Waals surface area contributed by atoms with Gasteiger partial charge in [0.1, 0.15) is 7.85 Å². The zero-order chi connectivity index (χ0) is 18.4. The third-order valence-corrected chi connectivity index (χ3v) is 5.87. The Balaban J connectivity index is 1.88. The molecule has 0 bridgehead atoms. The molecule has 0 saturated carbocycles. The summed E-state index contributed by atoms with van der Waals surface area (Å²) in [6.45, 7) is 0. The molecule has 2 heterocycles. The number of fused-ring (bicyclic) bond motifs is 3. The van der Waals surface area contributed by atoms with Gasteiger partial charge < -0.3 is 0 Å². The van der Waals surface area contributed by atoms with E-state index in [1.165, 1.54) is 0 Å². The maximum absolute atomic E-state index is 13.5. The summed E-state index contributed by atoms with van der Waals surface area (Å²) in [6, 6.07) is 25.5. The maximum atomic E-state index is 13.5. The van der Waals surface area contributed by atoms with Gasteiger partial charge in [-0.1, -0.05) is 78.3 Å². The quantitative estimate of drug-likeness (QED) is 0.404. The van der Waals surface area contributed by atoms with Crippen LogP contribution >= 0.6 is 11.3 Å². The van der Waals surface area contributed by atoms with E-state index in [0.29, 0.717) is 11.0 Å². The van der Waals surface area contributed by atoms with Crippen LogP contribution in [0.1, 0.15) is 10.4 Å². The van der Waals surface area contributed by atoms with Crippen molar-refractivity contribution in [2.24, 2.45) is 0 Å². The maximum Gasteiger partial charge on any atom is 0.262 e. The third-order valence-electron chi connectivity index (χ3n) is 4.85. The molecule has 0 N–H and O–H groups in total. The van der Waals surface area contributed by atoms with Crippen molar-refractivity contribution in [3.63, 3.8) is 0 Å². The average molecular weight is 363 g/mol. The van der Waals surface area contributed by atoms with Gasteiger partial charge in [-0.15, -0.1) is 11.3 Å². The molecule has 5 aromatic rings. The van der Waals surface area contributed by atoms with E-state index in [0.717, 1.165) is 32.2 Å². The first kappa shape index (κ1) is 16.1. The molecule has 0 aliphatic rings. The zero-order valence-electron chi connectivity index (χ0n) is 14.4. The highest BCUT2D eigenvalue weighted by Gasteiger charge is 2.22. The Labute approximate surface area is 162 Å². The first-order chi connectivity index (χ1) is 13.3. The number of benzene rings is 3. The minimum atomic E-state index is -0.102. The van der Waals surface area contributed by atoms with E-state index in [1.807, 2.05) is 53.1 Å². The summed E-state index contributed by atoms with van der Waals surface area (Å²) >= 11 is 1.66. The Hall–Kier alpha value is -3.11. The molecular formula is C23H14BNOS. The first-order valence-corrected chi connectivity index (χ1v) is 9.59. The molecule has 0 unspecified atom stereocenters. The van der Waals surface area contributed by atoms with E-state index in [2.05, 4.69) is 23.6 Å². The summed E-state index contributed by atoms with van der Waals surface area (Å²) < 4.78 is 1.81.